The lowest BCUT2D eigenvalue weighted by Gasteiger charge is -1.89. The zero-order valence-corrected chi connectivity index (χ0v) is 7.04. The lowest BCUT2D eigenvalue weighted by atomic mass is 10.3. The molecule has 0 aromatic carbocycles. The van der Waals surface area contributed by atoms with Crippen LogP contribution in [-0.4, -0.2) is 10.4 Å². The summed E-state index contributed by atoms with van der Waals surface area (Å²) in [6, 6.07) is 3.92. The normalized spacial score (nSPS) is 10.4. The predicted molar refractivity (Wildman–Crippen MR) is 45.5 cm³/mol. The van der Waals surface area contributed by atoms with Crippen LogP contribution in [0.2, 0.25) is 0 Å². The van der Waals surface area contributed by atoms with Gasteiger partial charge in [-0.1, -0.05) is 6.07 Å². The van der Waals surface area contributed by atoms with Gasteiger partial charge >= 0.3 is 0 Å². The van der Waals surface area contributed by atoms with Gasteiger partial charge in [0, 0.05) is 5.27 Å². The quantitative estimate of drug-likeness (QED) is 0.757. The van der Waals surface area contributed by atoms with E-state index in [0.717, 1.165) is 10.6 Å². The first-order valence-electron chi connectivity index (χ1n) is 3.47. The number of hydrogen-bond donors (Lipinski definition) is 1. The molecule has 0 saturated carbocycles. The molecule has 0 bridgehead atoms. The third-order valence-corrected chi connectivity index (χ3v) is 2.37. The van der Waals surface area contributed by atoms with Gasteiger partial charge in [-0.3, -0.25) is 0 Å². The second-order valence-electron chi connectivity index (χ2n) is 2.23. The maximum Gasteiger partial charge on any atom is 0.179 e. The fourth-order valence-corrected chi connectivity index (χ4v) is 1.67. The summed E-state index contributed by atoms with van der Waals surface area (Å²) in [7, 11) is 0. The smallest absolute Gasteiger partial charge is 0.179 e. The molecule has 2 rings (SSSR count). The van der Waals surface area contributed by atoms with Gasteiger partial charge in [0.25, 0.3) is 0 Å². The first kappa shape index (κ1) is 7.45. The van der Waals surface area contributed by atoms with Crippen LogP contribution in [0.5, 0.6) is 0 Å². The van der Waals surface area contributed by atoms with Gasteiger partial charge in [0.2, 0.25) is 0 Å². The molecule has 0 fully saturated rings. The van der Waals surface area contributed by atoms with Crippen LogP contribution >= 0.6 is 11.3 Å². The minimum atomic E-state index is 0.334. The maximum atomic E-state index is 5.43. The predicted octanol–water partition coefficient (Wildman–Crippen LogP) is 1.26. The summed E-state index contributed by atoms with van der Waals surface area (Å²) >= 11 is 1.59. The summed E-state index contributed by atoms with van der Waals surface area (Å²) in [6.45, 7) is 0.334. The Balaban J connectivity index is 2.46. The van der Waals surface area contributed by atoms with Crippen LogP contribution in [0.1, 0.15) is 5.76 Å². The molecule has 2 N–H and O–H groups in total. The Kier molecular flexibility index (Phi) is 1.89. The van der Waals surface area contributed by atoms with Crippen molar-refractivity contribution in [1.29, 1.82) is 0 Å². The Morgan fingerprint density at radius 1 is 1.58 bits per heavy atom. The summed E-state index contributed by atoms with van der Waals surface area (Å²) in [5.41, 5.74) is 6.19. The van der Waals surface area contributed by atoms with Crippen LogP contribution in [0.3, 0.4) is 0 Å². The highest BCUT2D eigenvalue weighted by Crippen LogP contribution is 2.25. The monoisotopic (exact) mass is 181 g/mol. The van der Waals surface area contributed by atoms with Crippen molar-refractivity contribution >= 4 is 11.3 Å². The number of hydrogen-bond acceptors (Lipinski definition) is 5. The van der Waals surface area contributed by atoms with Gasteiger partial charge in [-0.15, -0.1) is 16.4 Å². The molecule has 0 aliphatic rings. The molecule has 0 aliphatic heterocycles. The van der Waals surface area contributed by atoms with Crippen LogP contribution in [0.25, 0.3) is 10.6 Å². The minimum absolute atomic E-state index is 0.334. The molecular formula is C7H7N3OS. The van der Waals surface area contributed by atoms with Crippen molar-refractivity contribution in [3.8, 4) is 10.6 Å². The third kappa shape index (κ3) is 1.13. The van der Waals surface area contributed by atoms with E-state index in [1.54, 1.807) is 11.3 Å². The Hall–Kier alpha value is -1.20. The molecule has 0 radical (unpaired) electrons. The van der Waals surface area contributed by atoms with Crippen LogP contribution in [0.15, 0.2) is 22.0 Å². The van der Waals surface area contributed by atoms with Gasteiger partial charge in [-0.05, 0) is 11.4 Å². The second-order valence-corrected chi connectivity index (χ2v) is 3.17. The largest absolute Gasteiger partial charge is 0.340 e. The average molecular weight is 181 g/mol. The topological polar surface area (TPSA) is 64.9 Å². The summed E-state index contributed by atoms with van der Waals surface area (Å²) in [6.07, 6.45) is 0. The van der Waals surface area contributed by atoms with E-state index in [9.17, 15) is 0 Å². The Bertz CT molecular complexity index is 354. The molecule has 0 atom stereocenters. The summed E-state index contributed by atoms with van der Waals surface area (Å²) in [5, 5.41) is 9.27. The summed E-state index contributed by atoms with van der Waals surface area (Å²) in [4.78, 5) is 1.04. The molecule has 0 saturated heterocycles. The van der Waals surface area contributed by atoms with Crippen LogP contribution in [0.4, 0.5) is 0 Å². The van der Waals surface area contributed by atoms with Crippen LogP contribution in [0, 0.1) is 0 Å². The molecule has 12 heavy (non-hydrogen) atoms. The van der Waals surface area contributed by atoms with E-state index in [-0.39, 0.29) is 0 Å². The zero-order valence-electron chi connectivity index (χ0n) is 6.23. The molecule has 0 spiro atoms. The number of thiophene rings is 1. The van der Waals surface area contributed by atoms with E-state index >= 15 is 0 Å². The van der Waals surface area contributed by atoms with E-state index in [1.807, 2.05) is 17.5 Å². The highest BCUT2D eigenvalue weighted by Gasteiger charge is 2.10. The lowest BCUT2D eigenvalue weighted by Crippen LogP contribution is -1.95. The molecule has 2 heterocycles. The van der Waals surface area contributed by atoms with Gasteiger partial charge in [0.05, 0.1) is 11.4 Å². The number of rotatable bonds is 2. The first-order valence-corrected chi connectivity index (χ1v) is 4.35. The van der Waals surface area contributed by atoms with Crippen molar-refractivity contribution in [3.05, 3.63) is 23.3 Å². The summed E-state index contributed by atoms with van der Waals surface area (Å²) < 4.78 is 4.86. The fourth-order valence-electron chi connectivity index (χ4n) is 0.943. The molecule has 62 valence electrons. The second kappa shape index (κ2) is 3.04. The van der Waals surface area contributed by atoms with E-state index in [0.29, 0.717) is 12.3 Å². The molecule has 0 amide bonds. The molecular weight excluding hydrogens is 174 g/mol. The zero-order chi connectivity index (χ0) is 8.39. The van der Waals surface area contributed by atoms with E-state index in [1.165, 1.54) is 0 Å². The SMILES string of the molecule is NCc1onnc1-c1cccs1. The summed E-state index contributed by atoms with van der Waals surface area (Å²) in [5.74, 6) is 0.637. The van der Waals surface area contributed by atoms with Crippen molar-refractivity contribution in [1.82, 2.24) is 10.4 Å². The van der Waals surface area contributed by atoms with Crippen molar-refractivity contribution in [2.45, 2.75) is 6.54 Å². The molecule has 5 heteroatoms. The first-order chi connectivity index (χ1) is 5.92. The minimum Gasteiger partial charge on any atom is -0.340 e. The van der Waals surface area contributed by atoms with Gasteiger partial charge in [0.1, 0.15) is 5.69 Å². The van der Waals surface area contributed by atoms with Crippen molar-refractivity contribution in [3.63, 3.8) is 0 Å². The van der Waals surface area contributed by atoms with Crippen molar-refractivity contribution in [2.24, 2.45) is 5.73 Å². The average Bonchev–Trinajstić information content (AvgIpc) is 2.74. The highest BCUT2D eigenvalue weighted by atomic mass is 32.1. The Labute approximate surface area is 73.0 Å². The van der Waals surface area contributed by atoms with Crippen molar-refractivity contribution < 1.29 is 4.52 Å². The molecule has 0 aliphatic carbocycles. The molecule has 4 nitrogen and oxygen atoms in total. The maximum absolute atomic E-state index is 5.43. The molecule has 0 unspecified atom stereocenters. The fraction of sp³-hybridized carbons (Fsp3) is 0.143. The van der Waals surface area contributed by atoms with Crippen LogP contribution in [-0.2, 0) is 6.54 Å². The standard InChI is InChI=1S/C7H7N3OS/c8-4-5-7(9-10-11-5)6-2-1-3-12-6/h1-3H,4,8H2. The Morgan fingerprint density at radius 3 is 3.17 bits per heavy atom. The number of nitrogens with zero attached hydrogens (tertiary/aromatic N) is 2. The number of aromatic nitrogens is 2. The molecule has 2 aromatic rings. The van der Waals surface area contributed by atoms with Gasteiger partial charge in [0.15, 0.2) is 5.76 Å². The van der Waals surface area contributed by atoms with E-state index < -0.39 is 0 Å². The molecule has 2 aromatic heterocycles. The third-order valence-electron chi connectivity index (χ3n) is 1.50. The lowest BCUT2D eigenvalue weighted by molar-refractivity contribution is 0.363. The van der Waals surface area contributed by atoms with Crippen LogP contribution < -0.4 is 5.73 Å². The van der Waals surface area contributed by atoms with Gasteiger partial charge in [-0.2, -0.15) is 0 Å². The van der Waals surface area contributed by atoms with Gasteiger partial charge < -0.3 is 10.3 Å². The van der Waals surface area contributed by atoms with E-state index in [2.05, 4.69) is 10.4 Å². The number of nitrogens with two attached hydrogens (primary N) is 1. The van der Waals surface area contributed by atoms with Gasteiger partial charge in [-0.25, -0.2) is 0 Å². The Morgan fingerprint density at radius 2 is 2.50 bits per heavy atom. The van der Waals surface area contributed by atoms with E-state index in [4.69, 9.17) is 10.3 Å². The van der Waals surface area contributed by atoms with Crippen molar-refractivity contribution in [2.75, 3.05) is 0 Å². The highest BCUT2D eigenvalue weighted by molar-refractivity contribution is 7.13.